The Kier molecular flexibility index (Phi) is 5.45. The standard InChI is InChI=1S/C14H22BrN3O/c1-2-7-18-10-11(15)8-13(18)14(19)17-9-12-5-3-4-6-16-12/h8,10,12,16H,2-7,9H2,1H3,(H,17,19). The Labute approximate surface area is 123 Å². The molecule has 1 atom stereocenters. The molecular formula is C14H22BrN3O. The molecule has 0 aliphatic carbocycles. The Morgan fingerprint density at radius 1 is 1.58 bits per heavy atom. The highest BCUT2D eigenvalue weighted by Crippen LogP contribution is 2.15. The Balaban J connectivity index is 1.91. The summed E-state index contributed by atoms with van der Waals surface area (Å²) in [4.78, 5) is 12.2. The molecule has 2 N–H and O–H groups in total. The van der Waals surface area contributed by atoms with Gasteiger partial charge in [0.2, 0.25) is 0 Å². The number of nitrogens with one attached hydrogen (secondary N) is 2. The summed E-state index contributed by atoms with van der Waals surface area (Å²) in [7, 11) is 0. The first-order valence-electron chi connectivity index (χ1n) is 7.08. The van der Waals surface area contributed by atoms with Crippen LogP contribution < -0.4 is 10.6 Å². The van der Waals surface area contributed by atoms with Crippen LogP contribution in [0.5, 0.6) is 0 Å². The molecule has 1 aliphatic heterocycles. The van der Waals surface area contributed by atoms with Crippen LogP contribution >= 0.6 is 15.9 Å². The van der Waals surface area contributed by atoms with Gasteiger partial charge in [-0.15, -0.1) is 0 Å². The number of piperidine rings is 1. The van der Waals surface area contributed by atoms with E-state index >= 15 is 0 Å². The number of aryl methyl sites for hydroxylation is 1. The van der Waals surface area contributed by atoms with Crippen molar-refractivity contribution in [3.05, 3.63) is 22.4 Å². The van der Waals surface area contributed by atoms with E-state index in [0.29, 0.717) is 12.6 Å². The summed E-state index contributed by atoms with van der Waals surface area (Å²) in [6.07, 6.45) is 6.64. The molecule has 1 aromatic heterocycles. The van der Waals surface area contributed by atoms with Gasteiger partial charge in [-0.1, -0.05) is 13.3 Å². The largest absolute Gasteiger partial charge is 0.349 e. The van der Waals surface area contributed by atoms with E-state index in [-0.39, 0.29) is 5.91 Å². The van der Waals surface area contributed by atoms with E-state index in [9.17, 15) is 4.79 Å². The lowest BCUT2D eigenvalue weighted by molar-refractivity contribution is 0.0938. The van der Waals surface area contributed by atoms with Crippen LogP contribution in [-0.2, 0) is 6.54 Å². The zero-order valence-corrected chi connectivity index (χ0v) is 13.0. The molecule has 2 rings (SSSR count). The van der Waals surface area contributed by atoms with Gasteiger partial charge in [0.25, 0.3) is 5.91 Å². The average Bonchev–Trinajstić information content (AvgIpc) is 2.79. The van der Waals surface area contributed by atoms with Gasteiger partial charge in [-0.05, 0) is 47.8 Å². The lowest BCUT2D eigenvalue weighted by atomic mass is 10.1. The van der Waals surface area contributed by atoms with Crippen LogP contribution in [0.1, 0.15) is 43.1 Å². The molecule has 1 aromatic rings. The Hall–Kier alpha value is -0.810. The van der Waals surface area contributed by atoms with E-state index in [1.165, 1.54) is 12.8 Å². The second kappa shape index (κ2) is 7.10. The number of rotatable bonds is 5. The average molecular weight is 328 g/mol. The van der Waals surface area contributed by atoms with Gasteiger partial charge < -0.3 is 15.2 Å². The number of hydrogen-bond acceptors (Lipinski definition) is 2. The fourth-order valence-corrected chi connectivity index (χ4v) is 2.96. The topological polar surface area (TPSA) is 46.1 Å². The molecular weight excluding hydrogens is 306 g/mol. The minimum atomic E-state index is 0.0199. The van der Waals surface area contributed by atoms with Crippen LogP contribution in [0, 0.1) is 0 Å². The molecule has 1 unspecified atom stereocenters. The van der Waals surface area contributed by atoms with E-state index in [1.807, 2.05) is 16.8 Å². The molecule has 0 aromatic carbocycles. The number of hydrogen-bond donors (Lipinski definition) is 2. The van der Waals surface area contributed by atoms with Crippen LogP contribution in [0.15, 0.2) is 16.7 Å². The lowest BCUT2D eigenvalue weighted by Gasteiger charge is -2.23. The van der Waals surface area contributed by atoms with Crippen molar-refractivity contribution in [1.82, 2.24) is 15.2 Å². The summed E-state index contributed by atoms with van der Waals surface area (Å²) in [5, 5.41) is 6.48. The third-order valence-electron chi connectivity index (χ3n) is 3.48. The number of nitrogens with zero attached hydrogens (tertiary/aromatic N) is 1. The van der Waals surface area contributed by atoms with E-state index < -0.39 is 0 Å². The molecule has 1 fully saturated rings. The molecule has 0 saturated carbocycles. The molecule has 0 radical (unpaired) electrons. The Bertz CT molecular complexity index is 424. The van der Waals surface area contributed by atoms with Crippen LogP contribution in [-0.4, -0.2) is 29.6 Å². The van der Waals surface area contributed by atoms with Crippen molar-refractivity contribution < 1.29 is 4.79 Å². The van der Waals surface area contributed by atoms with Gasteiger partial charge in [0.15, 0.2) is 0 Å². The first-order valence-corrected chi connectivity index (χ1v) is 7.87. The van der Waals surface area contributed by atoms with Crippen LogP contribution in [0.25, 0.3) is 0 Å². The number of carbonyl (C=O) groups is 1. The van der Waals surface area contributed by atoms with Crippen molar-refractivity contribution in [2.24, 2.45) is 0 Å². The van der Waals surface area contributed by atoms with Gasteiger partial charge in [0, 0.05) is 29.8 Å². The molecule has 4 nitrogen and oxygen atoms in total. The molecule has 2 heterocycles. The second-order valence-corrected chi connectivity index (χ2v) is 6.01. The molecule has 0 spiro atoms. The van der Waals surface area contributed by atoms with Crippen molar-refractivity contribution in [3.8, 4) is 0 Å². The van der Waals surface area contributed by atoms with Gasteiger partial charge in [0.05, 0.1) is 0 Å². The maximum absolute atomic E-state index is 12.2. The summed E-state index contributed by atoms with van der Waals surface area (Å²) in [5.74, 6) is 0.0199. The molecule has 5 heteroatoms. The van der Waals surface area contributed by atoms with Crippen molar-refractivity contribution >= 4 is 21.8 Å². The summed E-state index contributed by atoms with van der Waals surface area (Å²) < 4.78 is 2.97. The van der Waals surface area contributed by atoms with Crippen molar-refractivity contribution in [2.45, 2.75) is 45.2 Å². The monoisotopic (exact) mass is 327 g/mol. The van der Waals surface area contributed by atoms with Gasteiger partial charge in [0.1, 0.15) is 5.69 Å². The normalized spacial score (nSPS) is 19.4. The van der Waals surface area contributed by atoms with Crippen LogP contribution in [0.3, 0.4) is 0 Å². The molecule has 1 amide bonds. The maximum atomic E-state index is 12.2. The highest BCUT2D eigenvalue weighted by molar-refractivity contribution is 9.10. The molecule has 1 saturated heterocycles. The molecule has 19 heavy (non-hydrogen) atoms. The Morgan fingerprint density at radius 3 is 3.11 bits per heavy atom. The molecule has 0 bridgehead atoms. The zero-order valence-electron chi connectivity index (χ0n) is 11.4. The smallest absolute Gasteiger partial charge is 0.268 e. The van der Waals surface area contributed by atoms with Gasteiger partial charge in [-0.2, -0.15) is 0 Å². The first kappa shape index (κ1) is 14.6. The summed E-state index contributed by atoms with van der Waals surface area (Å²) in [5.41, 5.74) is 0.740. The van der Waals surface area contributed by atoms with Crippen molar-refractivity contribution in [2.75, 3.05) is 13.1 Å². The molecule has 1 aliphatic rings. The van der Waals surface area contributed by atoms with E-state index in [2.05, 4.69) is 33.5 Å². The predicted octanol–water partition coefficient (Wildman–Crippen LogP) is 2.53. The minimum absolute atomic E-state index is 0.0199. The fourth-order valence-electron chi connectivity index (χ4n) is 2.50. The third kappa shape index (κ3) is 4.08. The summed E-state index contributed by atoms with van der Waals surface area (Å²) in [6.45, 7) is 4.77. The fraction of sp³-hybridized carbons (Fsp3) is 0.643. The SMILES string of the molecule is CCCn1cc(Br)cc1C(=O)NCC1CCCCN1. The number of aromatic nitrogens is 1. The number of carbonyl (C=O) groups excluding carboxylic acids is 1. The van der Waals surface area contributed by atoms with Gasteiger partial charge >= 0.3 is 0 Å². The third-order valence-corrected chi connectivity index (χ3v) is 3.92. The lowest BCUT2D eigenvalue weighted by Crippen LogP contribution is -2.43. The highest BCUT2D eigenvalue weighted by atomic mass is 79.9. The van der Waals surface area contributed by atoms with Crippen LogP contribution in [0.4, 0.5) is 0 Å². The molecule has 106 valence electrons. The van der Waals surface area contributed by atoms with Crippen LogP contribution in [0.2, 0.25) is 0 Å². The van der Waals surface area contributed by atoms with Gasteiger partial charge in [-0.25, -0.2) is 0 Å². The van der Waals surface area contributed by atoms with Crippen molar-refractivity contribution in [1.29, 1.82) is 0 Å². The Morgan fingerprint density at radius 2 is 2.42 bits per heavy atom. The van der Waals surface area contributed by atoms with Gasteiger partial charge in [-0.3, -0.25) is 4.79 Å². The summed E-state index contributed by atoms with van der Waals surface area (Å²) in [6, 6.07) is 2.31. The van der Waals surface area contributed by atoms with E-state index in [4.69, 9.17) is 0 Å². The predicted molar refractivity (Wildman–Crippen MR) is 80.4 cm³/mol. The summed E-state index contributed by atoms with van der Waals surface area (Å²) >= 11 is 3.44. The van der Waals surface area contributed by atoms with E-state index in [0.717, 1.165) is 36.1 Å². The first-order chi connectivity index (χ1) is 9.20. The van der Waals surface area contributed by atoms with E-state index in [1.54, 1.807) is 0 Å². The number of halogens is 1. The van der Waals surface area contributed by atoms with Crippen molar-refractivity contribution in [3.63, 3.8) is 0 Å². The number of amides is 1. The maximum Gasteiger partial charge on any atom is 0.268 e. The quantitative estimate of drug-likeness (QED) is 0.872. The second-order valence-electron chi connectivity index (χ2n) is 5.09. The highest BCUT2D eigenvalue weighted by Gasteiger charge is 2.16. The minimum Gasteiger partial charge on any atom is -0.349 e. The zero-order chi connectivity index (χ0) is 13.7.